The van der Waals surface area contributed by atoms with Crippen molar-refractivity contribution in [3.8, 4) is 0 Å². The van der Waals surface area contributed by atoms with Crippen LogP contribution in [0.1, 0.15) is 33.3 Å². The molecule has 6 nitrogen and oxygen atoms in total. The first-order chi connectivity index (χ1) is 9.14. The SMILES string of the molecule is Cn1cc(CCN2C(=O)C(C)(C)NC(=O)C2(C)C)cn1. The largest absolute Gasteiger partial charge is 0.340 e. The Morgan fingerprint density at radius 2 is 1.90 bits per heavy atom. The highest BCUT2D eigenvalue weighted by molar-refractivity contribution is 6.01. The normalized spacial score (nSPS) is 20.9. The molecule has 0 radical (unpaired) electrons. The number of carbonyl (C=O) groups excluding carboxylic acids is 2. The van der Waals surface area contributed by atoms with Gasteiger partial charge in [0.05, 0.1) is 6.20 Å². The number of nitrogens with one attached hydrogen (secondary N) is 1. The summed E-state index contributed by atoms with van der Waals surface area (Å²) in [7, 11) is 1.86. The van der Waals surface area contributed by atoms with Crippen molar-refractivity contribution in [2.75, 3.05) is 6.54 Å². The van der Waals surface area contributed by atoms with Crippen LogP contribution in [-0.2, 0) is 23.1 Å². The van der Waals surface area contributed by atoms with Gasteiger partial charge in [-0.15, -0.1) is 0 Å². The Bertz CT molecular complexity index is 545. The van der Waals surface area contributed by atoms with E-state index in [0.717, 1.165) is 5.56 Å². The van der Waals surface area contributed by atoms with E-state index in [1.165, 1.54) is 0 Å². The molecule has 0 aliphatic carbocycles. The average molecular weight is 278 g/mol. The molecular formula is C14H22N4O2. The van der Waals surface area contributed by atoms with Crippen molar-refractivity contribution in [2.24, 2.45) is 7.05 Å². The first-order valence-corrected chi connectivity index (χ1v) is 6.77. The maximum atomic E-state index is 12.5. The summed E-state index contributed by atoms with van der Waals surface area (Å²) in [6.45, 7) is 7.53. The topological polar surface area (TPSA) is 67.2 Å². The smallest absolute Gasteiger partial charge is 0.248 e. The molecule has 1 aromatic heterocycles. The molecular weight excluding hydrogens is 256 g/mol. The molecule has 20 heavy (non-hydrogen) atoms. The number of hydrogen-bond donors (Lipinski definition) is 1. The third-order valence-electron chi connectivity index (χ3n) is 3.82. The number of piperazine rings is 1. The molecule has 1 saturated heterocycles. The second kappa shape index (κ2) is 4.61. The lowest BCUT2D eigenvalue weighted by atomic mass is 9.89. The predicted octanol–water partition coefficient (Wildman–Crippen LogP) is 0.478. The van der Waals surface area contributed by atoms with Gasteiger partial charge in [-0.3, -0.25) is 14.3 Å². The van der Waals surface area contributed by atoms with E-state index in [4.69, 9.17) is 0 Å². The molecule has 0 saturated carbocycles. The van der Waals surface area contributed by atoms with E-state index in [0.29, 0.717) is 13.0 Å². The number of hydrogen-bond acceptors (Lipinski definition) is 3. The maximum absolute atomic E-state index is 12.5. The molecule has 1 aromatic rings. The van der Waals surface area contributed by atoms with Crippen LogP contribution in [0.15, 0.2) is 12.4 Å². The van der Waals surface area contributed by atoms with Crippen molar-refractivity contribution in [1.82, 2.24) is 20.0 Å². The van der Waals surface area contributed by atoms with E-state index in [1.807, 2.05) is 13.2 Å². The van der Waals surface area contributed by atoms with Crippen molar-refractivity contribution in [3.63, 3.8) is 0 Å². The predicted molar refractivity (Wildman–Crippen MR) is 74.9 cm³/mol. The van der Waals surface area contributed by atoms with Crippen molar-refractivity contribution in [1.29, 1.82) is 0 Å². The minimum atomic E-state index is -0.846. The Hall–Kier alpha value is -1.85. The molecule has 2 heterocycles. The molecule has 0 atom stereocenters. The molecule has 1 N–H and O–H groups in total. The van der Waals surface area contributed by atoms with Crippen LogP contribution < -0.4 is 5.32 Å². The third kappa shape index (κ3) is 2.42. The van der Waals surface area contributed by atoms with E-state index in [2.05, 4.69) is 10.4 Å². The quantitative estimate of drug-likeness (QED) is 0.874. The van der Waals surface area contributed by atoms with Crippen LogP contribution in [-0.4, -0.2) is 44.1 Å². The Morgan fingerprint density at radius 1 is 1.25 bits per heavy atom. The van der Waals surface area contributed by atoms with Gasteiger partial charge >= 0.3 is 0 Å². The molecule has 0 unspecified atom stereocenters. The Balaban J connectivity index is 2.18. The van der Waals surface area contributed by atoms with Gasteiger partial charge in [-0.2, -0.15) is 5.10 Å². The average Bonchev–Trinajstić information content (AvgIpc) is 2.72. The zero-order valence-corrected chi connectivity index (χ0v) is 12.7. The standard InChI is InChI=1S/C14H22N4O2/c1-13(2)12(20)18(14(3,4)11(19)16-13)7-6-10-8-15-17(5)9-10/h8-9H,6-7H2,1-5H3,(H,16,19). The van der Waals surface area contributed by atoms with Gasteiger partial charge in [0.25, 0.3) is 0 Å². The summed E-state index contributed by atoms with van der Waals surface area (Å²) >= 11 is 0. The van der Waals surface area contributed by atoms with Crippen molar-refractivity contribution >= 4 is 11.8 Å². The van der Waals surface area contributed by atoms with Crippen molar-refractivity contribution in [2.45, 2.75) is 45.2 Å². The Labute approximate surface area is 119 Å². The van der Waals surface area contributed by atoms with Gasteiger partial charge in [-0.1, -0.05) is 0 Å². The molecule has 0 spiro atoms. The summed E-state index contributed by atoms with van der Waals surface area (Å²) in [5.74, 6) is -0.167. The molecule has 2 rings (SSSR count). The number of aryl methyl sites for hydroxylation is 1. The van der Waals surface area contributed by atoms with Gasteiger partial charge in [0.2, 0.25) is 11.8 Å². The molecule has 1 aliphatic heterocycles. The van der Waals surface area contributed by atoms with E-state index in [9.17, 15) is 9.59 Å². The number of aromatic nitrogens is 2. The Kier molecular flexibility index (Phi) is 3.36. The monoisotopic (exact) mass is 278 g/mol. The van der Waals surface area contributed by atoms with Crippen LogP contribution in [0.5, 0.6) is 0 Å². The van der Waals surface area contributed by atoms with Crippen LogP contribution in [0.25, 0.3) is 0 Å². The minimum absolute atomic E-state index is 0.0500. The van der Waals surface area contributed by atoms with Crippen LogP contribution in [0.2, 0.25) is 0 Å². The third-order valence-corrected chi connectivity index (χ3v) is 3.82. The van der Waals surface area contributed by atoms with Gasteiger partial charge < -0.3 is 10.2 Å². The highest BCUT2D eigenvalue weighted by atomic mass is 16.2. The first-order valence-electron chi connectivity index (χ1n) is 6.77. The zero-order valence-electron chi connectivity index (χ0n) is 12.7. The summed E-state index contributed by atoms with van der Waals surface area (Å²) in [5, 5.41) is 6.89. The van der Waals surface area contributed by atoms with Gasteiger partial charge in [-0.25, -0.2) is 0 Å². The van der Waals surface area contributed by atoms with E-state index >= 15 is 0 Å². The fourth-order valence-corrected chi connectivity index (χ4v) is 2.43. The number of rotatable bonds is 3. The molecule has 2 amide bonds. The van der Waals surface area contributed by atoms with Crippen LogP contribution in [0.3, 0.4) is 0 Å². The highest BCUT2D eigenvalue weighted by Gasteiger charge is 2.49. The lowest BCUT2D eigenvalue weighted by molar-refractivity contribution is -0.159. The molecule has 1 fully saturated rings. The first kappa shape index (κ1) is 14.6. The van der Waals surface area contributed by atoms with E-state index in [1.54, 1.807) is 43.5 Å². The minimum Gasteiger partial charge on any atom is -0.340 e. The summed E-state index contributed by atoms with van der Waals surface area (Å²) in [6.07, 6.45) is 4.39. The fourth-order valence-electron chi connectivity index (χ4n) is 2.43. The fraction of sp³-hybridized carbons (Fsp3) is 0.643. The second-order valence-electron chi connectivity index (χ2n) is 6.37. The van der Waals surface area contributed by atoms with Crippen LogP contribution in [0.4, 0.5) is 0 Å². The maximum Gasteiger partial charge on any atom is 0.248 e. The zero-order chi connectivity index (χ0) is 15.1. The summed E-state index contributed by atoms with van der Waals surface area (Å²) in [4.78, 5) is 26.4. The van der Waals surface area contributed by atoms with Gasteiger partial charge in [0.1, 0.15) is 11.1 Å². The number of amides is 2. The molecule has 6 heteroatoms. The van der Waals surface area contributed by atoms with E-state index < -0.39 is 11.1 Å². The molecule has 1 aliphatic rings. The van der Waals surface area contributed by atoms with Crippen molar-refractivity contribution in [3.05, 3.63) is 18.0 Å². The number of nitrogens with zero attached hydrogens (tertiary/aromatic N) is 3. The van der Waals surface area contributed by atoms with Crippen molar-refractivity contribution < 1.29 is 9.59 Å². The molecule has 0 bridgehead atoms. The van der Waals surface area contributed by atoms with E-state index in [-0.39, 0.29) is 11.8 Å². The van der Waals surface area contributed by atoms with Crippen LogP contribution >= 0.6 is 0 Å². The Morgan fingerprint density at radius 3 is 2.45 bits per heavy atom. The van der Waals surface area contributed by atoms with Crippen LogP contribution in [0, 0.1) is 0 Å². The highest BCUT2D eigenvalue weighted by Crippen LogP contribution is 2.26. The summed E-state index contributed by atoms with van der Waals surface area (Å²) in [5.41, 5.74) is -0.615. The summed E-state index contributed by atoms with van der Waals surface area (Å²) in [6, 6.07) is 0. The van der Waals surface area contributed by atoms with Gasteiger partial charge in [0, 0.05) is 19.8 Å². The number of carbonyl (C=O) groups is 2. The molecule has 0 aromatic carbocycles. The second-order valence-corrected chi connectivity index (χ2v) is 6.37. The summed E-state index contributed by atoms with van der Waals surface area (Å²) < 4.78 is 1.73. The van der Waals surface area contributed by atoms with Gasteiger partial charge in [-0.05, 0) is 39.7 Å². The van der Waals surface area contributed by atoms with Gasteiger partial charge in [0.15, 0.2) is 0 Å². The molecule has 110 valence electrons. The lowest BCUT2D eigenvalue weighted by Gasteiger charge is -2.47. The lowest BCUT2D eigenvalue weighted by Crippen LogP contribution is -2.72.